The molecule has 0 aromatic carbocycles. The maximum Gasteiger partial charge on any atom is 0.306 e. The lowest BCUT2D eigenvalue weighted by Crippen LogP contribution is -2.44. The zero-order valence-electron chi connectivity index (χ0n) is 47.5. The summed E-state index contributed by atoms with van der Waals surface area (Å²) >= 11 is 0. The number of carboxylic acid groups (broad SMARTS) is 1. The Balaban J connectivity index is 4.29. The van der Waals surface area contributed by atoms with Gasteiger partial charge in [0.15, 0.2) is 12.4 Å². The Bertz CT molecular complexity index is 1520. The third-order valence-electron chi connectivity index (χ3n) is 12.3. The molecule has 0 amide bonds. The lowest BCUT2D eigenvalue weighted by Gasteiger charge is -2.26. The first-order chi connectivity index (χ1) is 35.6. The molecule has 0 bridgehead atoms. The summed E-state index contributed by atoms with van der Waals surface area (Å²) in [6.07, 6.45) is 70.2. The Morgan fingerprint density at radius 2 is 0.781 bits per heavy atom. The van der Waals surface area contributed by atoms with E-state index in [0.29, 0.717) is 17.4 Å². The third-order valence-corrected chi connectivity index (χ3v) is 12.3. The van der Waals surface area contributed by atoms with E-state index < -0.39 is 24.3 Å². The number of unbranched alkanes of at least 4 members (excludes halogenated alkanes) is 22. The molecule has 2 unspecified atom stereocenters. The van der Waals surface area contributed by atoms with Gasteiger partial charge in [0.2, 0.25) is 0 Å². The molecule has 9 heteroatoms. The third kappa shape index (κ3) is 55.8. The summed E-state index contributed by atoms with van der Waals surface area (Å²) in [4.78, 5) is 37.3. The van der Waals surface area contributed by atoms with E-state index in [1.807, 2.05) is 21.1 Å². The fourth-order valence-corrected chi connectivity index (χ4v) is 7.80. The molecule has 418 valence electrons. The minimum Gasteiger partial charge on any atom is -0.545 e. The molecule has 0 aliphatic rings. The number of hydrogen-bond acceptors (Lipinski definition) is 8. The van der Waals surface area contributed by atoms with E-state index in [0.717, 1.165) is 103 Å². The highest BCUT2D eigenvalue weighted by molar-refractivity contribution is 5.70. The van der Waals surface area contributed by atoms with Crippen LogP contribution in [0.4, 0.5) is 0 Å². The number of quaternary nitrogens is 1. The molecule has 2 atom stereocenters. The summed E-state index contributed by atoms with van der Waals surface area (Å²) in [5.74, 6) is -2.31. The van der Waals surface area contributed by atoms with Crippen LogP contribution in [0.5, 0.6) is 0 Å². The summed E-state index contributed by atoms with van der Waals surface area (Å²) in [6.45, 7) is 4.60. The lowest BCUT2D eigenvalue weighted by atomic mass is 10.0. The van der Waals surface area contributed by atoms with E-state index >= 15 is 0 Å². The predicted molar refractivity (Wildman–Crippen MR) is 306 cm³/mol. The van der Waals surface area contributed by atoms with Crippen LogP contribution in [0.25, 0.3) is 0 Å². The Labute approximate surface area is 448 Å². The molecule has 0 saturated heterocycles. The molecule has 0 aromatic heterocycles. The van der Waals surface area contributed by atoms with E-state index in [1.54, 1.807) is 0 Å². The molecule has 0 aromatic rings. The SMILES string of the molecule is CC/C=C\C/C=C\C/C=C\C/C=C\C/C=C\CCCCCCCCCCCCCC(=O)OC(COC(=O)CCCCCCCC/C=C\C/C=C\C/C=C\CCCCCCC)COC(OCC[N+](C)(C)C)C(=O)[O-]. The lowest BCUT2D eigenvalue weighted by molar-refractivity contribution is -0.870. The summed E-state index contributed by atoms with van der Waals surface area (Å²) in [7, 11) is 5.91. The van der Waals surface area contributed by atoms with Gasteiger partial charge < -0.3 is 33.3 Å². The standard InChI is InChI=1S/C64H109NO8/c1-6-8-10-12-14-16-18-20-22-24-26-28-29-30-31-32-33-35-37-39-41-43-45-47-49-51-53-55-62(67)73-60(59-72-64(63(68)69)70-57-56-65(3,4)5)58-71-61(66)54-52-50-48-46-44-42-40-38-36-34-27-25-23-21-19-17-15-13-11-9-7-2/h8,10,14,16,19-22,25-28,30-31,36,38,60,64H,6-7,9,11-13,15,17-18,23-24,29,32-35,37,39-59H2,1-5H3/b10-8-,16-14-,21-19-,22-20-,27-25-,28-26-,31-30-,38-36-. The molecule has 0 aliphatic heterocycles. The van der Waals surface area contributed by atoms with Gasteiger partial charge in [0.05, 0.1) is 40.3 Å². The Hall–Kier alpha value is -3.79. The van der Waals surface area contributed by atoms with Crippen molar-refractivity contribution in [1.82, 2.24) is 0 Å². The van der Waals surface area contributed by atoms with Crippen molar-refractivity contribution in [3.8, 4) is 0 Å². The van der Waals surface area contributed by atoms with Gasteiger partial charge in [-0.25, -0.2) is 0 Å². The minimum absolute atomic E-state index is 0.140. The van der Waals surface area contributed by atoms with Gasteiger partial charge in [0.1, 0.15) is 13.2 Å². The van der Waals surface area contributed by atoms with E-state index in [-0.39, 0.29) is 38.6 Å². The van der Waals surface area contributed by atoms with Crippen LogP contribution in [0.3, 0.4) is 0 Å². The van der Waals surface area contributed by atoms with E-state index in [9.17, 15) is 19.5 Å². The number of carboxylic acids is 1. The Morgan fingerprint density at radius 1 is 0.425 bits per heavy atom. The molecular weight excluding hydrogens is 911 g/mol. The van der Waals surface area contributed by atoms with E-state index in [4.69, 9.17) is 18.9 Å². The van der Waals surface area contributed by atoms with Crippen LogP contribution in [-0.2, 0) is 33.3 Å². The monoisotopic (exact) mass is 1020 g/mol. The number of allylic oxidation sites excluding steroid dienone is 16. The van der Waals surface area contributed by atoms with Gasteiger partial charge in [-0.15, -0.1) is 0 Å². The molecular formula is C64H109NO8. The van der Waals surface area contributed by atoms with Gasteiger partial charge in [0.25, 0.3) is 0 Å². The number of ether oxygens (including phenoxy) is 4. The number of rotatable bonds is 53. The van der Waals surface area contributed by atoms with Crippen LogP contribution in [0.15, 0.2) is 97.2 Å². The number of carbonyl (C=O) groups is 3. The molecule has 0 N–H and O–H groups in total. The minimum atomic E-state index is -1.63. The molecule has 9 nitrogen and oxygen atoms in total. The highest BCUT2D eigenvalue weighted by Gasteiger charge is 2.22. The highest BCUT2D eigenvalue weighted by Crippen LogP contribution is 2.15. The Kier molecular flexibility index (Phi) is 51.6. The van der Waals surface area contributed by atoms with Crippen molar-refractivity contribution in [3.63, 3.8) is 0 Å². The number of carbonyl (C=O) groups excluding carboxylic acids is 3. The molecule has 0 fully saturated rings. The van der Waals surface area contributed by atoms with E-state index in [1.165, 1.54) is 96.3 Å². The summed E-state index contributed by atoms with van der Waals surface area (Å²) < 4.78 is 22.7. The second kappa shape index (κ2) is 54.5. The van der Waals surface area contributed by atoms with Gasteiger partial charge in [-0.05, 0) is 96.3 Å². The van der Waals surface area contributed by atoms with Crippen molar-refractivity contribution in [2.75, 3.05) is 47.5 Å². The molecule has 0 radical (unpaired) electrons. The van der Waals surface area contributed by atoms with Crippen molar-refractivity contribution < 1.29 is 42.9 Å². The van der Waals surface area contributed by atoms with Crippen LogP contribution >= 0.6 is 0 Å². The van der Waals surface area contributed by atoms with Gasteiger partial charge in [-0.2, -0.15) is 0 Å². The average Bonchev–Trinajstić information content (AvgIpc) is 3.36. The van der Waals surface area contributed by atoms with Crippen molar-refractivity contribution in [1.29, 1.82) is 0 Å². The number of nitrogens with zero attached hydrogens (tertiary/aromatic N) is 1. The zero-order valence-corrected chi connectivity index (χ0v) is 47.5. The largest absolute Gasteiger partial charge is 0.545 e. The highest BCUT2D eigenvalue weighted by atomic mass is 16.7. The van der Waals surface area contributed by atoms with Crippen LogP contribution in [0.1, 0.15) is 232 Å². The van der Waals surface area contributed by atoms with Gasteiger partial charge in [0, 0.05) is 12.8 Å². The zero-order chi connectivity index (χ0) is 53.4. The fraction of sp³-hybridized carbons (Fsp3) is 0.703. The molecule has 0 spiro atoms. The van der Waals surface area contributed by atoms with Gasteiger partial charge in [-0.3, -0.25) is 9.59 Å². The topological polar surface area (TPSA) is 111 Å². The molecule has 0 heterocycles. The van der Waals surface area contributed by atoms with Crippen LogP contribution < -0.4 is 5.11 Å². The van der Waals surface area contributed by atoms with Crippen LogP contribution in [0, 0.1) is 0 Å². The van der Waals surface area contributed by atoms with Crippen LogP contribution in [-0.4, -0.2) is 82.3 Å². The smallest absolute Gasteiger partial charge is 0.306 e. The van der Waals surface area contributed by atoms with Crippen molar-refractivity contribution in [2.24, 2.45) is 0 Å². The van der Waals surface area contributed by atoms with Gasteiger partial charge in [-0.1, -0.05) is 220 Å². The predicted octanol–water partition coefficient (Wildman–Crippen LogP) is 16.0. The quantitative estimate of drug-likeness (QED) is 0.0195. The first kappa shape index (κ1) is 69.2. The second-order valence-electron chi connectivity index (χ2n) is 20.5. The fourth-order valence-electron chi connectivity index (χ4n) is 7.80. The average molecular weight is 1020 g/mol. The number of esters is 2. The maximum atomic E-state index is 12.9. The Morgan fingerprint density at radius 3 is 1.16 bits per heavy atom. The summed E-state index contributed by atoms with van der Waals surface area (Å²) in [6, 6.07) is 0. The molecule has 73 heavy (non-hydrogen) atoms. The maximum absolute atomic E-state index is 12.9. The van der Waals surface area contributed by atoms with Crippen molar-refractivity contribution >= 4 is 17.9 Å². The van der Waals surface area contributed by atoms with Crippen molar-refractivity contribution in [3.05, 3.63) is 97.2 Å². The first-order valence-corrected chi connectivity index (χ1v) is 29.4. The molecule has 0 aliphatic carbocycles. The van der Waals surface area contributed by atoms with Crippen molar-refractivity contribution in [2.45, 2.75) is 245 Å². The number of likely N-dealkylation sites (N-methyl/N-ethyl adjacent to an activating group) is 1. The van der Waals surface area contributed by atoms with Gasteiger partial charge >= 0.3 is 11.9 Å². The molecule has 0 rings (SSSR count). The number of aliphatic carboxylic acids is 1. The van der Waals surface area contributed by atoms with Crippen LogP contribution in [0.2, 0.25) is 0 Å². The van der Waals surface area contributed by atoms with E-state index in [2.05, 4.69) is 111 Å². The molecule has 0 saturated carbocycles. The second-order valence-corrected chi connectivity index (χ2v) is 20.5. The summed E-state index contributed by atoms with van der Waals surface area (Å²) in [5.41, 5.74) is 0. The summed E-state index contributed by atoms with van der Waals surface area (Å²) in [5, 5.41) is 11.8. The number of hydrogen-bond donors (Lipinski definition) is 0. The first-order valence-electron chi connectivity index (χ1n) is 29.4. The normalized spacial score (nSPS) is 13.5.